The lowest BCUT2D eigenvalue weighted by Crippen LogP contribution is -2.50. The number of amides is 3. The third kappa shape index (κ3) is 12.2. The Morgan fingerprint density at radius 1 is 0.603 bits per heavy atom. The molecule has 6 heterocycles. The molecule has 2 saturated heterocycles. The summed E-state index contributed by atoms with van der Waals surface area (Å²) in [5.41, 5.74) is 5.71. The molecule has 336 valence electrons. The summed E-state index contributed by atoms with van der Waals surface area (Å²) in [6, 6.07) is 19.4. The molecule has 0 radical (unpaired) electrons. The standard InChI is InChI=1S/C25H33N5O4S.C20H25N5O2S/c1-25(2,3)34-24(32)30-11-10-19-20(16-30)26-22(35-4)27-21(19)28-12-14-29(15-13-28)23(31)33-17-18-8-6-5-7-9-18;1-28-19-22-17-13-21-8-7-16(17)18(23-19)24-9-11-25(12-10-24)20(26)27-14-15-5-3-2-4-6-15/h5-9H,10-17H2,1-4H3;2-6,21H,7-14H2,1H3. The molecule has 0 spiro atoms. The van der Waals surface area contributed by atoms with Crippen molar-refractivity contribution in [2.75, 3.05) is 87.8 Å². The Bertz CT molecular complexity index is 2180. The Balaban J connectivity index is 0.000000193. The van der Waals surface area contributed by atoms with Crippen molar-refractivity contribution in [3.05, 3.63) is 94.3 Å². The molecule has 4 aliphatic heterocycles. The summed E-state index contributed by atoms with van der Waals surface area (Å²) in [6.45, 7) is 14.1. The number of nitrogens with one attached hydrogen (secondary N) is 1. The minimum Gasteiger partial charge on any atom is -0.445 e. The lowest BCUT2D eigenvalue weighted by atomic mass is 10.0. The van der Waals surface area contributed by atoms with Gasteiger partial charge in [0, 0.05) is 76.6 Å². The molecule has 4 aliphatic rings. The van der Waals surface area contributed by atoms with E-state index in [2.05, 4.69) is 20.1 Å². The molecule has 16 nitrogen and oxygen atoms in total. The van der Waals surface area contributed by atoms with E-state index in [0.717, 1.165) is 77.5 Å². The van der Waals surface area contributed by atoms with E-state index in [1.54, 1.807) is 26.5 Å². The highest BCUT2D eigenvalue weighted by atomic mass is 32.2. The summed E-state index contributed by atoms with van der Waals surface area (Å²) in [5, 5.41) is 4.87. The lowest BCUT2D eigenvalue weighted by Gasteiger charge is -2.37. The second kappa shape index (κ2) is 21.4. The van der Waals surface area contributed by atoms with Crippen LogP contribution < -0.4 is 15.1 Å². The van der Waals surface area contributed by atoms with Crippen molar-refractivity contribution in [2.45, 2.75) is 75.8 Å². The van der Waals surface area contributed by atoms with Gasteiger partial charge in [0.05, 0.1) is 17.9 Å². The fraction of sp³-hybridized carbons (Fsp3) is 0.489. The molecular formula is C45H58N10O6S2. The maximum absolute atomic E-state index is 12.6. The summed E-state index contributed by atoms with van der Waals surface area (Å²) >= 11 is 3.05. The van der Waals surface area contributed by atoms with E-state index in [4.69, 9.17) is 29.2 Å². The van der Waals surface area contributed by atoms with Gasteiger partial charge in [-0.2, -0.15) is 0 Å². The van der Waals surface area contributed by atoms with Gasteiger partial charge in [0.15, 0.2) is 10.3 Å². The minimum absolute atomic E-state index is 0.248. The summed E-state index contributed by atoms with van der Waals surface area (Å²) in [7, 11) is 0. The van der Waals surface area contributed by atoms with Gasteiger partial charge in [-0.3, -0.25) is 0 Å². The number of rotatable bonds is 8. The molecular weight excluding hydrogens is 841 g/mol. The van der Waals surface area contributed by atoms with Crippen LogP contribution >= 0.6 is 23.5 Å². The van der Waals surface area contributed by atoms with Crippen LogP contribution in [0.3, 0.4) is 0 Å². The van der Waals surface area contributed by atoms with Crippen molar-refractivity contribution in [1.82, 2.24) is 40.0 Å². The Kier molecular flexibility index (Phi) is 15.5. The van der Waals surface area contributed by atoms with Gasteiger partial charge in [0.25, 0.3) is 0 Å². The molecule has 63 heavy (non-hydrogen) atoms. The highest BCUT2D eigenvalue weighted by molar-refractivity contribution is 7.98. The predicted molar refractivity (Wildman–Crippen MR) is 244 cm³/mol. The van der Waals surface area contributed by atoms with Crippen LogP contribution in [0, 0.1) is 0 Å². The van der Waals surface area contributed by atoms with Crippen LogP contribution in [0.15, 0.2) is 71.0 Å². The molecule has 3 amide bonds. The van der Waals surface area contributed by atoms with Gasteiger partial charge in [-0.25, -0.2) is 34.3 Å². The maximum atomic E-state index is 12.6. The molecule has 0 bridgehead atoms. The largest absolute Gasteiger partial charge is 0.445 e. The van der Waals surface area contributed by atoms with Crippen LogP contribution in [0.1, 0.15) is 54.4 Å². The molecule has 1 N–H and O–H groups in total. The fourth-order valence-corrected chi connectivity index (χ4v) is 8.48. The van der Waals surface area contributed by atoms with E-state index in [0.29, 0.717) is 70.5 Å². The van der Waals surface area contributed by atoms with Crippen LogP contribution in [0.5, 0.6) is 0 Å². The smallest absolute Gasteiger partial charge is 0.410 e. The Morgan fingerprint density at radius 2 is 1.08 bits per heavy atom. The van der Waals surface area contributed by atoms with E-state index in [1.807, 2.05) is 93.9 Å². The van der Waals surface area contributed by atoms with Crippen molar-refractivity contribution < 1.29 is 28.6 Å². The third-order valence-electron chi connectivity index (χ3n) is 11.0. The van der Waals surface area contributed by atoms with Crippen molar-refractivity contribution in [1.29, 1.82) is 0 Å². The Hall–Kier alpha value is -5.33. The van der Waals surface area contributed by atoms with Crippen LogP contribution in [-0.4, -0.2) is 136 Å². The zero-order valence-corrected chi connectivity index (χ0v) is 38.5. The summed E-state index contributed by atoms with van der Waals surface area (Å²) in [4.78, 5) is 66.2. The quantitative estimate of drug-likeness (QED) is 0.120. The molecule has 2 fully saturated rings. The normalized spacial score (nSPS) is 16.3. The number of hydrogen-bond acceptors (Lipinski definition) is 15. The minimum atomic E-state index is -0.541. The predicted octanol–water partition coefficient (Wildman–Crippen LogP) is 6.25. The summed E-state index contributed by atoms with van der Waals surface area (Å²) in [6.07, 6.45) is 4.69. The fourth-order valence-electron chi connectivity index (χ4n) is 7.72. The molecule has 4 aromatic rings. The first kappa shape index (κ1) is 45.7. The number of anilines is 2. The number of piperazine rings is 2. The first-order valence-corrected chi connectivity index (χ1v) is 23.9. The van der Waals surface area contributed by atoms with E-state index in [9.17, 15) is 14.4 Å². The first-order valence-electron chi connectivity index (χ1n) is 21.4. The van der Waals surface area contributed by atoms with Crippen molar-refractivity contribution in [3.8, 4) is 0 Å². The van der Waals surface area contributed by atoms with Gasteiger partial charge in [-0.1, -0.05) is 84.2 Å². The van der Waals surface area contributed by atoms with Crippen molar-refractivity contribution in [2.24, 2.45) is 0 Å². The monoisotopic (exact) mass is 898 g/mol. The van der Waals surface area contributed by atoms with Crippen molar-refractivity contribution in [3.63, 3.8) is 0 Å². The number of fused-ring (bicyclic) bond motifs is 2. The van der Waals surface area contributed by atoms with Crippen LogP contribution in [0.25, 0.3) is 0 Å². The van der Waals surface area contributed by atoms with Gasteiger partial charge in [-0.05, 0) is 63.8 Å². The zero-order chi connectivity index (χ0) is 44.3. The molecule has 0 saturated carbocycles. The average molecular weight is 899 g/mol. The molecule has 2 aromatic heterocycles. The number of carbonyl (C=O) groups is 3. The number of ether oxygens (including phenoxy) is 3. The van der Waals surface area contributed by atoms with Gasteiger partial charge in [-0.15, -0.1) is 0 Å². The number of aromatic nitrogens is 4. The van der Waals surface area contributed by atoms with E-state index in [-0.39, 0.29) is 24.9 Å². The van der Waals surface area contributed by atoms with Crippen LogP contribution in [0.2, 0.25) is 0 Å². The highest BCUT2D eigenvalue weighted by Crippen LogP contribution is 2.31. The van der Waals surface area contributed by atoms with Gasteiger partial charge in [0.2, 0.25) is 0 Å². The van der Waals surface area contributed by atoms with Gasteiger partial charge in [0.1, 0.15) is 30.5 Å². The van der Waals surface area contributed by atoms with Crippen LogP contribution in [0.4, 0.5) is 26.0 Å². The molecule has 0 unspecified atom stereocenters. The number of carbonyl (C=O) groups excluding carboxylic acids is 3. The number of nitrogens with zero attached hydrogens (tertiary/aromatic N) is 9. The van der Waals surface area contributed by atoms with E-state index in [1.165, 1.54) is 17.3 Å². The Labute approximate surface area is 378 Å². The highest BCUT2D eigenvalue weighted by Gasteiger charge is 2.32. The van der Waals surface area contributed by atoms with E-state index >= 15 is 0 Å². The first-order chi connectivity index (χ1) is 30.5. The lowest BCUT2D eigenvalue weighted by molar-refractivity contribution is 0.0220. The molecule has 0 aliphatic carbocycles. The molecule has 2 aromatic carbocycles. The van der Waals surface area contributed by atoms with Crippen molar-refractivity contribution >= 4 is 53.4 Å². The van der Waals surface area contributed by atoms with Gasteiger partial charge >= 0.3 is 18.3 Å². The second-order valence-electron chi connectivity index (χ2n) is 16.5. The molecule has 8 rings (SSSR count). The number of thioether (sulfide) groups is 2. The van der Waals surface area contributed by atoms with Gasteiger partial charge < -0.3 is 44.0 Å². The average Bonchev–Trinajstić information content (AvgIpc) is 3.32. The molecule has 0 atom stereocenters. The second-order valence-corrected chi connectivity index (χ2v) is 18.1. The molecule has 18 heteroatoms. The van der Waals surface area contributed by atoms with Crippen LogP contribution in [-0.2, 0) is 53.4 Å². The number of hydrogen-bond donors (Lipinski definition) is 1. The third-order valence-corrected chi connectivity index (χ3v) is 12.1. The summed E-state index contributed by atoms with van der Waals surface area (Å²) in [5.74, 6) is 1.94. The zero-order valence-electron chi connectivity index (χ0n) is 36.9. The maximum Gasteiger partial charge on any atom is 0.410 e. The topological polar surface area (TPSA) is 159 Å². The number of benzene rings is 2. The van der Waals surface area contributed by atoms with E-state index < -0.39 is 5.60 Å². The Morgan fingerprint density at radius 3 is 1.56 bits per heavy atom. The SMILES string of the molecule is CSc1nc2c(c(N3CCN(C(=O)OCc4ccccc4)CC3)n1)CCN(C(=O)OC(C)(C)C)C2.CSc1nc2c(c(N3CCN(C(=O)OCc4ccccc4)CC3)n1)CCNC2. The summed E-state index contributed by atoms with van der Waals surface area (Å²) < 4.78 is 16.5.